The monoisotopic (exact) mass is 272 g/mol. The molecule has 3 heteroatoms. The second-order valence-corrected chi connectivity index (χ2v) is 6.73. The number of benzene rings is 1. The third-order valence-corrected chi connectivity index (χ3v) is 4.44. The van der Waals surface area contributed by atoms with Gasteiger partial charge < -0.3 is 9.73 Å². The first-order valence-electron chi connectivity index (χ1n) is 7.72. The van der Waals surface area contributed by atoms with Crippen LogP contribution in [0.3, 0.4) is 0 Å². The van der Waals surface area contributed by atoms with Crippen LogP contribution in [0, 0.1) is 5.41 Å². The molecule has 0 radical (unpaired) electrons. The van der Waals surface area contributed by atoms with Gasteiger partial charge in [-0.15, -0.1) is 0 Å². The number of fused-ring (bicyclic) bond motifs is 1. The normalized spacial score (nSPS) is 19.4. The minimum atomic E-state index is 0.518. The molecule has 1 aliphatic rings. The van der Waals surface area contributed by atoms with Crippen molar-refractivity contribution in [3.8, 4) is 0 Å². The second kappa shape index (κ2) is 5.12. The number of nitrogens with one attached hydrogen (secondary N) is 1. The molecule has 0 aliphatic heterocycles. The van der Waals surface area contributed by atoms with Gasteiger partial charge in [-0.05, 0) is 49.3 Å². The Kier molecular flexibility index (Phi) is 3.45. The predicted molar refractivity (Wildman–Crippen MR) is 83.0 cm³/mol. The van der Waals surface area contributed by atoms with Gasteiger partial charge in [0.15, 0.2) is 11.5 Å². The minimum absolute atomic E-state index is 0.518. The van der Waals surface area contributed by atoms with Gasteiger partial charge in [-0.25, -0.2) is 4.98 Å². The zero-order valence-corrected chi connectivity index (χ0v) is 12.7. The van der Waals surface area contributed by atoms with Crippen LogP contribution in [0.2, 0.25) is 0 Å². The molecule has 1 aliphatic carbocycles. The van der Waals surface area contributed by atoms with Crippen LogP contribution in [-0.2, 0) is 6.42 Å². The summed E-state index contributed by atoms with van der Waals surface area (Å²) in [4.78, 5) is 4.50. The van der Waals surface area contributed by atoms with Crippen molar-refractivity contribution in [2.24, 2.45) is 5.41 Å². The second-order valence-electron chi connectivity index (χ2n) is 6.73. The maximum absolute atomic E-state index is 5.65. The molecule has 1 aromatic carbocycles. The third kappa shape index (κ3) is 2.82. The third-order valence-electron chi connectivity index (χ3n) is 4.44. The molecule has 3 rings (SSSR count). The number of aryl methyl sites for hydroxylation is 1. The molecule has 1 saturated carbocycles. The molecule has 3 nitrogen and oxygen atoms in total. The summed E-state index contributed by atoms with van der Waals surface area (Å²) in [6.45, 7) is 6.81. The molecule has 1 aromatic heterocycles. The maximum atomic E-state index is 5.65. The van der Waals surface area contributed by atoms with Gasteiger partial charge in [-0.2, -0.15) is 0 Å². The molecular weight excluding hydrogens is 248 g/mol. The van der Waals surface area contributed by atoms with Crippen molar-refractivity contribution < 1.29 is 4.42 Å². The van der Waals surface area contributed by atoms with E-state index in [4.69, 9.17) is 4.42 Å². The first-order chi connectivity index (χ1) is 9.55. The van der Waals surface area contributed by atoms with Crippen molar-refractivity contribution in [3.63, 3.8) is 0 Å². The van der Waals surface area contributed by atoms with E-state index in [0.29, 0.717) is 11.5 Å². The number of aromatic nitrogens is 1. The van der Waals surface area contributed by atoms with Crippen LogP contribution in [0.15, 0.2) is 22.6 Å². The molecule has 0 bridgehead atoms. The largest absolute Gasteiger partial charge is 0.441 e. The molecular formula is C17H24N2O. The van der Waals surface area contributed by atoms with Crippen molar-refractivity contribution >= 4 is 16.8 Å². The Morgan fingerprint density at radius 1 is 1.30 bits per heavy atom. The molecule has 1 heterocycles. The fraction of sp³-hybridized carbons (Fsp3) is 0.588. The lowest BCUT2D eigenvalue weighted by Gasteiger charge is -2.35. The van der Waals surface area contributed by atoms with Gasteiger partial charge in [0, 0.05) is 18.2 Å². The van der Waals surface area contributed by atoms with Crippen LogP contribution < -0.4 is 5.32 Å². The lowest BCUT2D eigenvalue weighted by atomic mass is 9.75. The average Bonchev–Trinajstić information content (AvgIpc) is 2.83. The summed E-state index contributed by atoms with van der Waals surface area (Å²) in [7, 11) is 0. The van der Waals surface area contributed by atoms with Gasteiger partial charge in [0.05, 0.1) is 0 Å². The van der Waals surface area contributed by atoms with Crippen LogP contribution in [0.5, 0.6) is 0 Å². The number of hydrogen-bond donors (Lipinski definition) is 1. The van der Waals surface area contributed by atoms with Crippen LogP contribution in [-0.4, -0.2) is 11.0 Å². The Bertz CT molecular complexity index is 590. The molecule has 0 spiro atoms. The highest BCUT2D eigenvalue weighted by molar-refractivity contribution is 5.77. The number of rotatable bonds is 3. The number of nitrogens with zero attached hydrogens (tertiary/aromatic N) is 1. The molecule has 0 atom stereocenters. The van der Waals surface area contributed by atoms with Crippen LogP contribution in [0.4, 0.5) is 5.69 Å². The maximum Gasteiger partial charge on any atom is 0.195 e. The van der Waals surface area contributed by atoms with Gasteiger partial charge in [0.25, 0.3) is 0 Å². The highest BCUT2D eigenvalue weighted by Crippen LogP contribution is 2.36. The highest BCUT2D eigenvalue weighted by Gasteiger charge is 2.26. The van der Waals surface area contributed by atoms with Gasteiger partial charge in [-0.1, -0.05) is 20.8 Å². The van der Waals surface area contributed by atoms with E-state index in [1.54, 1.807) is 0 Å². The molecule has 0 saturated heterocycles. The van der Waals surface area contributed by atoms with Crippen molar-refractivity contribution in [3.05, 3.63) is 24.1 Å². The van der Waals surface area contributed by atoms with Crippen LogP contribution in [0.1, 0.15) is 52.3 Å². The SMILES string of the molecule is CCc1nc2cc(NC3CCC(C)(C)CC3)ccc2o1. The summed E-state index contributed by atoms with van der Waals surface area (Å²) in [5.74, 6) is 0.816. The fourth-order valence-corrected chi connectivity index (χ4v) is 3.00. The smallest absolute Gasteiger partial charge is 0.195 e. The van der Waals surface area contributed by atoms with Crippen molar-refractivity contribution in [2.75, 3.05) is 5.32 Å². The number of anilines is 1. The van der Waals surface area contributed by atoms with E-state index in [0.717, 1.165) is 29.1 Å². The van der Waals surface area contributed by atoms with Gasteiger partial charge in [0.1, 0.15) is 5.52 Å². The molecule has 0 amide bonds. The number of oxazole rings is 1. The predicted octanol–water partition coefficient (Wildman–Crippen LogP) is 4.77. The van der Waals surface area contributed by atoms with Crippen molar-refractivity contribution in [1.29, 1.82) is 0 Å². The molecule has 108 valence electrons. The molecule has 2 aromatic rings. The summed E-state index contributed by atoms with van der Waals surface area (Å²) >= 11 is 0. The Balaban J connectivity index is 1.71. The van der Waals surface area contributed by atoms with E-state index < -0.39 is 0 Å². The lowest BCUT2D eigenvalue weighted by molar-refractivity contribution is 0.232. The first-order valence-corrected chi connectivity index (χ1v) is 7.72. The van der Waals surface area contributed by atoms with E-state index in [2.05, 4.69) is 43.2 Å². The molecule has 1 fully saturated rings. The summed E-state index contributed by atoms with van der Waals surface area (Å²) in [6, 6.07) is 6.83. The average molecular weight is 272 g/mol. The first kappa shape index (κ1) is 13.5. The van der Waals surface area contributed by atoms with E-state index >= 15 is 0 Å². The Labute approximate surface area is 120 Å². The van der Waals surface area contributed by atoms with Gasteiger partial charge in [0.2, 0.25) is 0 Å². The van der Waals surface area contributed by atoms with Crippen molar-refractivity contribution in [2.45, 2.75) is 58.9 Å². The Hall–Kier alpha value is -1.51. The molecule has 20 heavy (non-hydrogen) atoms. The van der Waals surface area contributed by atoms with Crippen LogP contribution >= 0.6 is 0 Å². The quantitative estimate of drug-likeness (QED) is 0.874. The minimum Gasteiger partial charge on any atom is -0.441 e. The molecule has 0 unspecified atom stereocenters. The zero-order valence-electron chi connectivity index (χ0n) is 12.7. The van der Waals surface area contributed by atoms with Crippen molar-refractivity contribution in [1.82, 2.24) is 4.98 Å². The zero-order chi connectivity index (χ0) is 14.2. The summed E-state index contributed by atoms with van der Waals surface area (Å²) in [6.07, 6.45) is 5.96. The highest BCUT2D eigenvalue weighted by atomic mass is 16.3. The van der Waals surface area contributed by atoms with E-state index in [1.807, 2.05) is 6.07 Å². The number of hydrogen-bond acceptors (Lipinski definition) is 3. The topological polar surface area (TPSA) is 38.1 Å². The summed E-state index contributed by atoms with van der Waals surface area (Å²) < 4.78 is 5.65. The summed E-state index contributed by atoms with van der Waals surface area (Å²) in [5, 5.41) is 3.66. The fourth-order valence-electron chi connectivity index (χ4n) is 3.00. The molecule has 1 N–H and O–H groups in total. The van der Waals surface area contributed by atoms with Gasteiger partial charge >= 0.3 is 0 Å². The van der Waals surface area contributed by atoms with E-state index in [-0.39, 0.29) is 0 Å². The Morgan fingerprint density at radius 2 is 2.05 bits per heavy atom. The summed E-state index contributed by atoms with van der Waals surface area (Å²) in [5.41, 5.74) is 3.53. The Morgan fingerprint density at radius 3 is 2.75 bits per heavy atom. The standard InChI is InChI=1S/C17H24N2O/c1-4-16-19-14-11-13(5-6-15(14)20-16)18-12-7-9-17(2,3)10-8-12/h5-6,11-12,18H,4,7-10H2,1-3H3. The van der Waals surface area contributed by atoms with E-state index in [1.165, 1.54) is 25.7 Å². The van der Waals surface area contributed by atoms with Crippen LogP contribution in [0.25, 0.3) is 11.1 Å². The van der Waals surface area contributed by atoms with Gasteiger partial charge in [-0.3, -0.25) is 0 Å². The lowest BCUT2D eigenvalue weighted by Crippen LogP contribution is -2.29. The van der Waals surface area contributed by atoms with E-state index in [9.17, 15) is 0 Å².